The largest absolute Gasteiger partial charge is 0.339 e. The summed E-state index contributed by atoms with van der Waals surface area (Å²) in [5.41, 5.74) is 5.93. The number of likely N-dealkylation sites (tertiary alicyclic amines) is 1. The van der Waals surface area contributed by atoms with Crippen LogP contribution in [0.5, 0.6) is 0 Å². The van der Waals surface area contributed by atoms with Gasteiger partial charge in [-0.3, -0.25) is 4.79 Å². The highest BCUT2D eigenvalue weighted by Gasteiger charge is 2.52. The summed E-state index contributed by atoms with van der Waals surface area (Å²) in [6, 6.07) is 0.497. The van der Waals surface area contributed by atoms with E-state index in [0.29, 0.717) is 36.2 Å². The van der Waals surface area contributed by atoms with Crippen molar-refractivity contribution < 1.29 is 4.79 Å². The van der Waals surface area contributed by atoms with Crippen LogP contribution >= 0.6 is 0 Å². The minimum Gasteiger partial charge on any atom is -0.339 e. The van der Waals surface area contributed by atoms with Crippen LogP contribution in [-0.2, 0) is 4.79 Å². The molecular formula is C10H18N2O. The van der Waals surface area contributed by atoms with Crippen LogP contribution in [0.15, 0.2) is 0 Å². The number of hydrogen-bond donors (Lipinski definition) is 1. The van der Waals surface area contributed by atoms with E-state index >= 15 is 0 Å². The lowest BCUT2D eigenvalue weighted by Crippen LogP contribution is -2.30. The molecule has 1 saturated heterocycles. The molecule has 1 aliphatic heterocycles. The Bertz CT molecular complexity index is 237. The molecule has 1 saturated carbocycles. The third-order valence-electron chi connectivity index (χ3n) is 3.41. The van der Waals surface area contributed by atoms with Gasteiger partial charge in [0.05, 0.1) is 0 Å². The minimum atomic E-state index is 0.311. The van der Waals surface area contributed by atoms with E-state index < -0.39 is 0 Å². The first-order chi connectivity index (χ1) is 6.04. The van der Waals surface area contributed by atoms with E-state index in [1.807, 2.05) is 4.90 Å². The van der Waals surface area contributed by atoms with Gasteiger partial charge in [-0.05, 0) is 24.3 Å². The number of carbonyl (C=O) groups excluding carboxylic acids is 1. The normalized spacial score (nSPS) is 36.8. The van der Waals surface area contributed by atoms with Gasteiger partial charge in [0.25, 0.3) is 0 Å². The van der Waals surface area contributed by atoms with E-state index in [2.05, 4.69) is 13.8 Å². The van der Waals surface area contributed by atoms with Crippen molar-refractivity contribution in [3.05, 3.63) is 0 Å². The molecule has 2 atom stereocenters. The van der Waals surface area contributed by atoms with Gasteiger partial charge in [-0.15, -0.1) is 0 Å². The van der Waals surface area contributed by atoms with Crippen LogP contribution in [0.25, 0.3) is 0 Å². The second-order valence-electron chi connectivity index (χ2n) is 5.06. The molecule has 0 aromatic carbocycles. The molecule has 0 bridgehead atoms. The van der Waals surface area contributed by atoms with Crippen LogP contribution in [0.1, 0.15) is 26.7 Å². The first-order valence-electron chi connectivity index (χ1n) is 5.04. The molecule has 0 spiro atoms. The van der Waals surface area contributed by atoms with E-state index in [4.69, 9.17) is 5.73 Å². The Hall–Kier alpha value is -0.570. The molecule has 2 unspecified atom stereocenters. The summed E-state index contributed by atoms with van der Waals surface area (Å²) in [7, 11) is 0. The highest BCUT2D eigenvalue weighted by atomic mass is 16.2. The van der Waals surface area contributed by atoms with Crippen molar-refractivity contribution in [1.29, 1.82) is 0 Å². The van der Waals surface area contributed by atoms with Gasteiger partial charge >= 0.3 is 0 Å². The Kier molecular flexibility index (Phi) is 1.88. The molecule has 2 rings (SSSR count). The van der Waals surface area contributed by atoms with Crippen LogP contribution in [-0.4, -0.2) is 29.9 Å². The number of nitrogens with two attached hydrogens (primary N) is 1. The molecule has 1 heterocycles. The van der Waals surface area contributed by atoms with Gasteiger partial charge in [-0.1, -0.05) is 13.8 Å². The fraction of sp³-hybridized carbons (Fsp3) is 0.900. The molecule has 74 valence electrons. The van der Waals surface area contributed by atoms with Gasteiger partial charge in [0.1, 0.15) is 0 Å². The lowest BCUT2D eigenvalue weighted by Gasteiger charge is -2.18. The number of hydrogen-bond acceptors (Lipinski definition) is 2. The summed E-state index contributed by atoms with van der Waals surface area (Å²) in [4.78, 5) is 13.6. The zero-order valence-corrected chi connectivity index (χ0v) is 8.42. The minimum absolute atomic E-state index is 0.311. The van der Waals surface area contributed by atoms with Crippen molar-refractivity contribution >= 4 is 5.91 Å². The fourth-order valence-electron chi connectivity index (χ4n) is 2.24. The first kappa shape index (κ1) is 9.00. The second kappa shape index (κ2) is 2.71. The van der Waals surface area contributed by atoms with Gasteiger partial charge in [0.15, 0.2) is 0 Å². The predicted molar refractivity (Wildman–Crippen MR) is 51.1 cm³/mol. The van der Waals surface area contributed by atoms with Crippen molar-refractivity contribution in [2.45, 2.75) is 32.7 Å². The van der Waals surface area contributed by atoms with E-state index in [9.17, 15) is 4.79 Å². The van der Waals surface area contributed by atoms with Crippen molar-refractivity contribution in [3.63, 3.8) is 0 Å². The number of rotatable bonds is 2. The smallest absolute Gasteiger partial charge is 0.223 e. The third-order valence-corrected chi connectivity index (χ3v) is 3.41. The number of amides is 1. The fourth-order valence-corrected chi connectivity index (χ4v) is 2.24. The maximum absolute atomic E-state index is 11.6. The molecule has 3 heteroatoms. The summed E-state index contributed by atoms with van der Waals surface area (Å²) < 4.78 is 0. The van der Waals surface area contributed by atoms with Crippen molar-refractivity contribution in [3.8, 4) is 0 Å². The van der Waals surface area contributed by atoms with Crippen molar-refractivity contribution in [1.82, 2.24) is 4.90 Å². The molecule has 1 aliphatic carbocycles. The van der Waals surface area contributed by atoms with Gasteiger partial charge in [0, 0.05) is 19.0 Å². The Morgan fingerprint density at radius 1 is 1.62 bits per heavy atom. The zero-order chi connectivity index (χ0) is 9.64. The maximum Gasteiger partial charge on any atom is 0.223 e. The van der Waals surface area contributed by atoms with Crippen LogP contribution in [0.2, 0.25) is 0 Å². The topological polar surface area (TPSA) is 46.3 Å². The highest BCUT2D eigenvalue weighted by molar-refractivity contribution is 5.79. The quantitative estimate of drug-likeness (QED) is 0.679. The summed E-state index contributed by atoms with van der Waals surface area (Å²) in [5, 5.41) is 0. The predicted octanol–water partition coefficient (Wildman–Crippen LogP) is 0.592. The first-order valence-corrected chi connectivity index (χ1v) is 5.04. The molecule has 1 amide bonds. The van der Waals surface area contributed by atoms with Crippen molar-refractivity contribution in [2.24, 2.45) is 17.1 Å². The SMILES string of the molecule is CC1(C)CC1N1CC(CN)CC1=O. The average Bonchev–Trinajstić information content (AvgIpc) is 2.54. The van der Waals surface area contributed by atoms with E-state index in [0.717, 1.165) is 13.0 Å². The Labute approximate surface area is 79.3 Å². The molecule has 0 aromatic heterocycles. The molecule has 0 aromatic rings. The van der Waals surface area contributed by atoms with E-state index in [1.54, 1.807) is 0 Å². The number of nitrogens with zero attached hydrogens (tertiary/aromatic N) is 1. The average molecular weight is 182 g/mol. The summed E-state index contributed by atoms with van der Waals surface area (Å²) >= 11 is 0. The van der Waals surface area contributed by atoms with E-state index in [-0.39, 0.29) is 0 Å². The lowest BCUT2D eigenvalue weighted by atomic mass is 10.1. The van der Waals surface area contributed by atoms with Gasteiger partial charge < -0.3 is 10.6 Å². The third kappa shape index (κ3) is 1.46. The Balaban J connectivity index is 1.99. The molecule has 0 radical (unpaired) electrons. The molecule has 3 nitrogen and oxygen atoms in total. The Morgan fingerprint density at radius 2 is 2.23 bits per heavy atom. The highest BCUT2D eigenvalue weighted by Crippen LogP contribution is 2.49. The van der Waals surface area contributed by atoms with Gasteiger partial charge in [-0.2, -0.15) is 0 Å². The maximum atomic E-state index is 11.6. The molecule has 13 heavy (non-hydrogen) atoms. The molecule has 2 aliphatic rings. The number of carbonyl (C=O) groups is 1. The molecule has 2 fully saturated rings. The lowest BCUT2D eigenvalue weighted by molar-refractivity contribution is -0.128. The monoisotopic (exact) mass is 182 g/mol. The van der Waals surface area contributed by atoms with E-state index in [1.165, 1.54) is 0 Å². The molecule has 2 N–H and O–H groups in total. The van der Waals surface area contributed by atoms with Gasteiger partial charge in [-0.25, -0.2) is 0 Å². The van der Waals surface area contributed by atoms with Crippen LogP contribution in [0.4, 0.5) is 0 Å². The van der Waals surface area contributed by atoms with Crippen LogP contribution in [0, 0.1) is 11.3 Å². The Morgan fingerprint density at radius 3 is 2.62 bits per heavy atom. The summed E-state index contributed by atoms with van der Waals surface area (Å²) in [6.45, 7) is 5.99. The second-order valence-corrected chi connectivity index (χ2v) is 5.06. The summed E-state index contributed by atoms with van der Waals surface area (Å²) in [5.74, 6) is 0.718. The van der Waals surface area contributed by atoms with Gasteiger partial charge in [0.2, 0.25) is 5.91 Å². The van der Waals surface area contributed by atoms with Crippen molar-refractivity contribution in [2.75, 3.05) is 13.1 Å². The van der Waals surface area contributed by atoms with Crippen LogP contribution < -0.4 is 5.73 Å². The van der Waals surface area contributed by atoms with Crippen LogP contribution in [0.3, 0.4) is 0 Å². The summed E-state index contributed by atoms with van der Waals surface area (Å²) in [6.07, 6.45) is 1.83. The standard InChI is InChI=1S/C10H18N2O/c1-10(2)4-8(10)12-6-7(5-11)3-9(12)13/h7-8H,3-6,11H2,1-2H3. The molecular weight excluding hydrogens is 164 g/mol. The zero-order valence-electron chi connectivity index (χ0n) is 8.42.